The highest BCUT2D eigenvalue weighted by molar-refractivity contribution is 5.35. The summed E-state index contributed by atoms with van der Waals surface area (Å²) in [5.74, 6) is -1.10. The molecule has 0 heterocycles. The van der Waals surface area contributed by atoms with Crippen molar-refractivity contribution in [1.29, 1.82) is 0 Å². The van der Waals surface area contributed by atoms with Crippen LogP contribution in [0.25, 0.3) is 0 Å². The van der Waals surface area contributed by atoms with E-state index in [1.807, 2.05) is 0 Å². The van der Waals surface area contributed by atoms with Crippen molar-refractivity contribution in [1.82, 2.24) is 0 Å². The van der Waals surface area contributed by atoms with Gasteiger partial charge in [-0.2, -0.15) is 0 Å². The molecule has 1 fully saturated rings. The molecule has 1 N–H and O–H groups in total. The van der Waals surface area contributed by atoms with Crippen LogP contribution in [0.2, 0.25) is 0 Å². The monoisotopic (exact) mass is 198 g/mol. The van der Waals surface area contributed by atoms with E-state index < -0.39 is 23.2 Å². The van der Waals surface area contributed by atoms with Crippen molar-refractivity contribution in [2.24, 2.45) is 0 Å². The first-order valence-corrected chi connectivity index (χ1v) is 4.70. The van der Waals surface area contributed by atoms with Gasteiger partial charge in [-0.25, -0.2) is 8.78 Å². The number of benzene rings is 1. The van der Waals surface area contributed by atoms with Gasteiger partial charge in [0, 0.05) is 11.0 Å². The van der Waals surface area contributed by atoms with E-state index in [1.54, 1.807) is 6.92 Å². The summed E-state index contributed by atoms with van der Waals surface area (Å²) in [4.78, 5) is 0. The first-order valence-electron chi connectivity index (χ1n) is 4.70. The highest BCUT2D eigenvalue weighted by Gasteiger charge is 2.51. The second-order valence-corrected chi connectivity index (χ2v) is 3.93. The van der Waals surface area contributed by atoms with E-state index in [4.69, 9.17) is 0 Å². The third kappa shape index (κ3) is 1.23. The van der Waals surface area contributed by atoms with Crippen LogP contribution in [-0.4, -0.2) is 11.2 Å². The lowest BCUT2D eigenvalue weighted by atomic mass is 9.90. The topological polar surface area (TPSA) is 20.2 Å². The highest BCUT2D eigenvalue weighted by atomic mass is 19.1. The standard InChI is InChI=1S/C11H12F2O/c1-7(14)11(5-6-11)10-8(12)3-2-4-9(10)13/h2-4,7,14H,5-6H2,1H3. The smallest absolute Gasteiger partial charge is 0.129 e. The molecule has 0 saturated heterocycles. The van der Waals surface area contributed by atoms with Gasteiger partial charge in [0.25, 0.3) is 0 Å². The lowest BCUT2D eigenvalue weighted by Gasteiger charge is -2.20. The van der Waals surface area contributed by atoms with Crippen LogP contribution in [0.4, 0.5) is 8.78 Å². The highest BCUT2D eigenvalue weighted by Crippen LogP contribution is 2.52. The maximum absolute atomic E-state index is 13.4. The average molecular weight is 198 g/mol. The van der Waals surface area contributed by atoms with Crippen molar-refractivity contribution < 1.29 is 13.9 Å². The zero-order valence-corrected chi connectivity index (χ0v) is 7.93. The van der Waals surface area contributed by atoms with E-state index in [1.165, 1.54) is 18.2 Å². The van der Waals surface area contributed by atoms with Crippen LogP contribution in [0, 0.1) is 11.6 Å². The zero-order valence-electron chi connectivity index (χ0n) is 7.93. The van der Waals surface area contributed by atoms with Gasteiger partial charge in [0.05, 0.1) is 6.10 Å². The zero-order chi connectivity index (χ0) is 10.3. The molecule has 1 saturated carbocycles. The van der Waals surface area contributed by atoms with E-state index in [9.17, 15) is 13.9 Å². The molecule has 1 unspecified atom stereocenters. The molecule has 1 aliphatic rings. The quantitative estimate of drug-likeness (QED) is 0.773. The Hall–Kier alpha value is -0.960. The lowest BCUT2D eigenvalue weighted by molar-refractivity contribution is 0.146. The first-order chi connectivity index (χ1) is 6.58. The first kappa shape index (κ1) is 9.59. The fourth-order valence-corrected chi connectivity index (χ4v) is 1.98. The number of hydrogen-bond donors (Lipinski definition) is 1. The molecule has 0 spiro atoms. The largest absolute Gasteiger partial charge is 0.392 e. The van der Waals surface area contributed by atoms with Gasteiger partial charge in [-0.1, -0.05) is 6.07 Å². The maximum Gasteiger partial charge on any atom is 0.129 e. The van der Waals surface area contributed by atoms with E-state index in [2.05, 4.69) is 0 Å². The van der Waals surface area contributed by atoms with E-state index >= 15 is 0 Å². The van der Waals surface area contributed by atoms with E-state index in [-0.39, 0.29) is 5.56 Å². The van der Waals surface area contributed by atoms with E-state index in [0.29, 0.717) is 12.8 Å². The van der Waals surface area contributed by atoms with Crippen LogP contribution < -0.4 is 0 Å². The minimum atomic E-state index is -0.700. The Morgan fingerprint density at radius 2 is 1.79 bits per heavy atom. The second-order valence-electron chi connectivity index (χ2n) is 3.93. The van der Waals surface area contributed by atoms with Crippen LogP contribution in [0.5, 0.6) is 0 Å². The van der Waals surface area contributed by atoms with Crippen LogP contribution in [0.15, 0.2) is 18.2 Å². The fraction of sp³-hybridized carbons (Fsp3) is 0.455. The van der Waals surface area contributed by atoms with Crippen molar-refractivity contribution in [3.8, 4) is 0 Å². The summed E-state index contributed by atoms with van der Waals surface area (Å²) in [6.45, 7) is 1.58. The van der Waals surface area contributed by atoms with Crippen molar-refractivity contribution >= 4 is 0 Å². The number of aliphatic hydroxyl groups excluding tert-OH is 1. The summed E-state index contributed by atoms with van der Waals surface area (Å²) in [6, 6.07) is 3.81. The average Bonchev–Trinajstić information content (AvgIpc) is 2.85. The van der Waals surface area contributed by atoms with Crippen LogP contribution >= 0.6 is 0 Å². The molecule has 3 heteroatoms. The molecule has 76 valence electrons. The maximum atomic E-state index is 13.4. The lowest BCUT2D eigenvalue weighted by Crippen LogP contribution is -2.25. The molecular formula is C11H12F2O. The van der Waals surface area contributed by atoms with Gasteiger partial charge in [-0.15, -0.1) is 0 Å². The summed E-state index contributed by atoms with van der Waals surface area (Å²) in [5.41, 5.74) is -0.620. The van der Waals surface area contributed by atoms with Gasteiger partial charge < -0.3 is 5.11 Å². The third-order valence-corrected chi connectivity index (χ3v) is 3.05. The normalized spacial score (nSPS) is 20.6. The molecule has 0 radical (unpaired) electrons. The Morgan fingerprint density at radius 1 is 1.29 bits per heavy atom. The Kier molecular flexibility index (Phi) is 2.07. The molecule has 0 aliphatic heterocycles. The Labute approximate surface area is 81.4 Å². The van der Waals surface area contributed by atoms with E-state index in [0.717, 1.165) is 0 Å². The number of rotatable bonds is 2. The number of halogens is 2. The summed E-state index contributed by atoms with van der Waals surface area (Å²) >= 11 is 0. The SMILES string of the molecule is CC(O)C1(c2c(F)cccc2F)CC1. The molecular weight excluding hydrogens is 186 g/mol. The van der Waals surface area contributed by atoms with Crippen LogP contribution in [-0.2, 0) is 5.41 Å². The van der Waals surface area contributed by atoms with Gasteiger partial charge in [0.1, 0.15) is 11.6 Å². The minimum absolute atomic E-state index is 0.0509. The van der Waals surface area contributed by atoms with Gasteiger partial charge in [0.15, 0.2) is 0 Å². The fourth-order valence-electron chi connectivity index (χ4n) is 1.98. The molecule has 0 aromatic heterocycles. The molecule has 1 aromatic carbocycles. The molecule has 0 amide bonds. The molecule has 1 nitrogen and oxygen atoms in total. The van der Waals surface area contributed by atoms with Gasteiger partial charge in [0.2, 0.25) is 0 Å². The van der Waals surface area contributed by atoms with Crippen LogP contribution in [0.1, 0.15) is 25.3 Å². The molecule has 1 atom stereocenters. The van der Waals surface area contributed by atoms with Crippen molar-refractivity contribution in [3.05, 3.63) is 35.4 Å². The molecule has 1 aromatic rings. The third-order valence-electron chi connectivity index (χ3n) is 3.05. The van der Waals surface area contributed by atoms with Crippen molar-refractivity contribution in [2.45, 2.75) is 31.3 Å². The summed E-state index contributed by atoms with van der Waals surface area (Å²) in [7, 11) is 0. The second kappa shape index (κ2) is 3.02. The summed E-state index contributed by atoms with van der Waals surface area (Å²) < 4.78 is 26.8. The molecule has 14 heavy (non-hydrogen) atoms. The Bertz CT molecular complexity index is 336. The number of aliphatic hydroxyl groups is 1. The number of hydrogen-bond acceptors (Lipinski definition) is 1. The van der Waals surface area contributed by atoms with Gasteiger partial charge in [-0.05, 0) is 31.9 Å². The predicted octanol–water partition coefficient (Wildman–Crippen LogP) is 2.38. The van der Waals surface area contributed by atoms with Crippen LogP contribution in [0.3, 0.4) is 0 Å². The Balaban J connectivity index is 2.51. The van der Waals surface area contributed by atoms with Crippen molar-refractivity contribution in [2.75, 3.05) is 0 Å². The minimum Gasteiger partial charge on any atom is -0.392 e. The predicted molar refractivity (Wildman–Crippen MR) is 49.0 cm³/mol. The summed E-state index contributed by atoms with van der Waals surface area (Å²) in [6.07, 6.45) is 0.610. The van der Waals surface area contributed by atoms with Gasteiger partial charge in [-0.3, -0.25) is 0 Å². The molecule has 0 bridgehead atoms. The van der Waals surface area contributed by atoms with Gasteiger partial charge >= 0.3 is 0 Å². The summed E-state index contributed by atoms with van der Waals surface area (Å²) in [5, 5.41) is 9.51. The van der Waals surface area contributed by atoms with Crippen molar-refractivity contribution in [3.63, 3.8) is 0 Å². The molecule has 2 rings (SSSR count). The molecule has 1 aliphatic carbocycles. The Morgan fingerprint density at radius 3 is 2.14 bits per heavy atom.